The highest BCUT2D eigenvalue weighted by Crippen LogP contribution is 2.32. The van der Waals surface area contributed by atoms with E-state index in [9.17, 15) is 5.53 Å². The average molecular weight is 926 g/mol. The van der Waals surface area contributed by atoms with Crippen molar-refractivity contribution in [1.29, 1.82) is 0 Å². The first-order valence-corrected chi connectivity index (χ1v) is 29.6. The van der Waals surface area contributed by atoms with E-state index in [4.69, 9.17) is 0 Å². The maximum atomic E-state index is 9.97. The van der Waals surface area contributed by atoms with Crippen LogP contribution in [0.1, 0.15) is 307 Å². The van der Waals surface area contributed by atoms with Crippen LogP contribution in [-0.2, 0) is 12.8 Å². The summed E-state index contributed by atoms with van der Waals surface area (Å²) in [5, 5.41) is 0. The summed E-state index contributed by atoms with van der Waals surface area (Å²) in [6.07, 6.45) is 55.0. The molecule has 0 aliphatic heterocycles. The molecule has 0 fully saturated rings. The lowest BCUT2D eigenvalue weighted by molar-refractivity contribution is 0.00773. The minimum absolute atomic E-state index is 0.576. The third kappa shape index (κ3) is 32.3. The highest BCUT2D eigenvalue weighted by molar-refractivity contribution is 5.92. The molecule has 0 unspecified atom stereocenters. The van der Waals surface area contributed by atoms with Gasteiger partial charge in [0.1, 0.15) is 0 Å². The molecule has 0 spiro atoms. The smallest absolute Gasteiger partial charge is 0.318 e. The average Bonchev–Trinajstić information content (AvgIpc) is 3.35. The molecule has 2 heteroatoms. The number of rotatable bonds is 43. The molecule has 0 aliphatic rings. The van der Waals surface area contributed by atoms with E-state index in [1.165, 1.54) is 229 Å². The lowest BCUT2D eigenvalue weighted by atomic mass is 9.88. The van der Waals surface area contributed by atoms with Crippen molar-refractivity contribution >= 4 is 11.4 Å². The van der Waals surface area contributed by atoms with Gasteiger partial charge >= 0.3 is 5.87 Å². The monoisotopic (exact) mass is 925 g/mol. The number of allylic oxidation sites excluding steroid dienone is 2. The molecule has 378 valence electrons. The van der Waals surface area contributed by atoms with E-state index in [0.717, 1.165) is 73.6 Å². The first-order valence-electron chi connectivity index (χ1n) is 29.6. The van der Waals surface area contributed by atoms with E-state index in [-0.39, 0.29) is 0 Å². The van der Waals surface area contributed by atoms with Gasteiger partial charge in [-0.25, -0.2) is 0 Å². The van der Waals surface area contributed by atoms with Gasteiger partial charge in [0, 0.05) is 18.4 Å². The van der Waals surface area contributed by atoms with Crippen LogP contribution in [0.15, 0.2) is 59.7 Å². The second-order valence-electron chi connectivity index (χ2n) is 20.4. The van der Waals surface area contributed by atoms with Crippen LogP contribution in [0.2, 0.25) is 0 Å². The highest BCUT2D eigenvalue weighted by Gasteiger charge is 2.17. The van der Waals surface area contributed by atoms with Crippen molar-refractivity contribution in [3.05, 3.63) is 87.5 Å². The van der Waals surface area contributed by atoms with Crippen LogP contribution in [0.25, 0.3) is 11.1 Å². The van der Waals surface area contributed by atoms with Crippen molar-refractivity contribution in [3.8, 4) is 23.7 Å². The van der Waals surface area contributed by atoms with Crippen molar-refractivity contribution < 1.29 is 4.79 Å². The third-order valence-corrected chi connectivity index (χ3v) is 14.0. The molecule has 68 heavy (non-hydrogen) atoms. The van der Waals surface area contributed by atoms with E-state index in [2.05, 4.69) is 111 Å². The van der Waals surface area contributed by atoms with Crippen molar-refractivity contribution in [2.24, 2.45) is 0 Å². The molecule has 0 aliphatic carbocycles. The van der Waals surface area contributed by atoms with Crippen LogP contribution in [-0.4, -0.2) is 10.7 Å². The number of hydrogen-bond acceptors (Lipinski definition) is 0. The lowest BCUT2D eigenvalue weighted by Gasteiger charge is -2.14. The zero-order chi connectivity index (χ0) is 48.6. The summed E-state index contributed by atoms with van der Waals surface area (Å²) < 4.78 is 0. The molecule has 0 aromatic heterocycles. The van der Waals surface area contributed by atoms with E-state index in [1.807, 2.05) is 0 Å². The number of hydrogen-bond donors (Lipinski definition) is 0. The van der Waals surface area contributed by atoms with Gasteiger partial charge < -0.3 is 5.53 Å². The van der Waals surface area contributed by atoms with Crippen molar-refractivity contribution in [3.63, 3.8) is 0 Å². The standard InChI is InChI=1S/C66H104N2/c1-5-9-13-16-18-20-22-24-26-27-28-29-31-33-35-37-39-42-46-53-65(64(59-68-67)51-45-40-15-11-7-3)66(63-52-47-50-61(58-63)49-43-12-8-4)62-56-54-60(55-57-62)48-44-41-38-36-34-32-30-25-23-21-19-17-14-10-6-2/h47,50,52,54-58H,5-44,48-49H2,1-4H3. The minimum atomic E-state index is 0.576. The van der Waals surface area contributed by atoms with Gasteiger partial charge in [-0.15, -0.1) is 4.79 Å². The topological polar surface area (TPSA) is 36.4 Å². The fraction of sp³-hybridized carbons (Fsp3) is 0.697. The van der Waals surface area contributed by atoms with E-state index in [0.29, 0.717) is 5.57 Å². The first kappa shape index (κ1) is 60.6. The van der Waals surface area contributed by atoms with Gasteiger partial charge in [0.05, 0.1) is 5.57 Å². The summed E-state index contributed by atoms with van der Waals surface area (Å²) >= 11 is 0. The molecule has 0 N–H and O–H groups in total. The number of nitrogens with zero attached hydrogens (tertiary/aromatic N) is 2. The van der Waals surface area contributed by atoms with Crippen LogP contribution in [0.4, 0.5) is 0 Å². The maximum absolute atomic E-state index is 9.97. The molecule has 2 aromatic carbocycles. The van der Waals surface area contributed by atoms with Crippen molar-refractivity contribution in [2.75, 3.05) is 0 Å². The molecule has 2 rings (SSSR count). The van der Waals surface area contributed by atoms with Crippen LogP contribution in [0.5, 0.6) is 0 Å². The van der Waals surface area contributed by atoms with E-state index < -0.39 is 0 Å². The summed E-state index contributed by atoms with van der Waals surface area (Å²) in [6.45, 7) is 9.10. The normalized spacial score (nSPS) is 11.3. The van der Waals surface area contributed by atoms with Gasteiger partial charge in [-0.2, -0.15) is 0 Å². The maximum Gasteiger partial charge on any atom is 0.318 e. The fourth-order valence-electron chi connectivity index (χ4n) is 9.61. The number of aryl methyl sites for hydroxylation is 2. The van der Waals surface area contributed by atoms with Crippen molar-refractivity contribution in [2.45, 2.75) is 297 Å². The first-order chi connectivity index (χ1) is 33.7. The Labute approximate surface area is 422 Å². The van der Waals surface area contributed by atoms with Gasteiger partial charge in [0.2, 0.25) is 0 Å². The number of unbranched alkanes of at least 4 members (excludes halogenated alkanes) is 36. The third-order valence-electron chi connectivity index (χ3n) is 14.0. The van der Waals surface area contributed by atoms with Gasteiger partial charge in [-0.05, 0) is 66.7 Å². The molecule has 0 heterocycles. The second kappa shape index (κ2) is 45.9. The van der Waals surface area contributed by atoms with Crippen LogP contribution >= 0.6 is 0 Å². The summed E-state index contributed by atoms with van der Waals surface area (Å²) in [5.41, 5.74) is 17.4. The molecule has 2 aromatic rings. The quantitative estimate of drug-likeness (QED) is 0.0159. The van der Waals surface area contributed by atoms with Crippen LogP contribution in [0, 0.1) is 23.7 Å². The molecule has 2 nitrogen and oxygen atoms in total. The lowest BCUT2D eigenvalue weighted by Crippen LogP contribution is -1.99. The highest BCUT2D eigenvalue weighted by atomic mass is 14.8. The Morgan fingerprint density at radius 1 is 0.382 bits per heavy atom. The SMILES string of the molecule is CCCCCC#CC(=C=[N+]=[N-])C(C#CCCCCCCCCCCCCCCCCCCC)=C(c1ccc(CCCCCCCCCCCCCCCCC)cc1)c1cccc(CCCCC)c1. The Kier molecular flexibility index (Phi) is 40.9. The largest absolute Gasteiger partial charge is 0.348 e. The zero-order valence-electron chi connectivity index (χ0n) is 45.2. The molecule has 0 bridgehead atoms. The van der Waals surface area contributed by atoms with Gasteiger partial charge in [0.25, 0.3) is 0 Å². The predicted octanol–water partition coefficient (Wildman–Crippen LogP) is 21.1. The Morgan fingerprint density at radius 2 is 0.750 bits per heavy atom. The predicted molar refractivity (Wildman–Crippen MR) is 301 cm³/mol. The van der Waals surface area contributed by atoms with Gasteiger partial charge in [-0.3, -0.25) is 0 Å². The van der Waals surface area contributed by atoms with Gasteiger partial charge in [-0.1, -0.05) is 312 Å². The molecule has 0 amide bonds. The molecule has 0 atom stereocenters. The van der Waals surface area contributed by atoms with E-state index >= 15 is 0 Å². The van der Waals surface area contributed by atoms with E-state index in [1.54, 1.807) is 0 Å². The number of benzene rings is 2. The zero-order valence-corrected chi connectivity index (χ0v) is 45.2. The Hall–Kier alpha value is -3.54. The van der Waals surface area contributed by atoms with Crippen molar-refractivity contribution in [1.82, 2.24) is 0 Å². The molecular formula is C66H104N2. The summed E-state index contributed by atoms with van der Waals surface area (Å²) in [5.74, 6) is 16.9. The minimum Gasteiger partial charge on any atom is -0.348 e. The molecule has 0 saturated heterocycles. The molecular weight excluding hydrogens is 821 g/mol. The molecule has 0 saturated carbocycles. The second-order valence-corrected chi connectivity index (χ2v) is 20.4. The summed E-state index contributed by atoms with van der Waals surface area (Å²) in [7, 11) is 0. The fourth-order valence-corrected chi connectivity index (χ4v) is 9.61. The van der Waals surface area contributed by atoms with Crippen LogP contribution in [0.3, 0.4) is 0 Å². The molecule has 0 radical (unpaired) electrons. The summed E-state index contributed by atoms with van der Waals surface area (Å²) in [6, 6.07) is 18.3. The van der Waals surface area contributed by atoms with Crippen LogP contribution < -0.4 is 0 Å². The summed E-state index contributed by atoms with van der Waals surface area (Å²) in [4.78, 5) is 3.45. The Balaban J connectivity index is 2.11. The Morgan fingerprint density at radius 3 is 1.22 bits per heavy atom. The van der Waals surface area contributed by atoms with Gasteiger partial charge in [0.15, 0.2) is 5.57 Å². The Bertz CT molecular complexity index is 1740.